The molecular weight excluding hydrogens is 382 g/mol. The maximum absolute atomic E-state index is 6.30. The molecule has 2 aromatic carbocycles. The number of anilines is 1. The minimum atomic E-state index is 0.340. The summed E-state index contributed by atoms with van der Waals surface area (Å²) in [4.78, 5) is 9.37. The van der Waals surface area contributed by atoms with E-state index in [0.717, 1.165) is 46.3 Å². The molecule has 31 heavy (non-hydrogen) atoms. The van der Waals surface area contributed by atoms with E-state index in [1.807, 2.05) is 18.3 Å². The summed E-state index contributed by atoms with van der Waals surface area (Å²) in [5, 5.41) is 2.22. The van der Waals surface area contributed by atoms with Gasteiger partial charge in [0.05, 0.1) is 12.6 Å². The van der Waals surface area contributed by atoms with Gasteiger partial charge in [-0.05, 0) is 72.1 Å². The third-order valence-electron chi connectivity index (χ3n) is 6.55. The number of hydrogen-bond donors (Lipinski definition) is 1. The lowest BCUT2D eigenvalue weighted by Gasteiger charge is -2.14. The molecule has 1 aliphatic rings. The summed E-state index contributed by atoms with van der Waals surface area (Å²) in [5.41, 5.74) is 11.9. The molecule has 0 bridgehead atoms. The van der Waals surface area contributed by atoms with Gasteiger partial charge < -0.3 is 10.5 Å². The van der Waals surface area contributed by atoms with Crippen molar-refractivity contribution in [2.24, 2.45) is 5.92 Å². The summed E-state index contributed by atoms with van der Waals surface area (Å²) in [6, 6.07) is 17.2. The topological polar surface area (TPSA) is 61.0 Å². The summed E-state index contributed by atoms with van der Waals surface area (Å²) < 4.78 is 5.27. The number of rotatable bonds is 7. The zero-order valence-corrected chi connectivity index (χ0v) is 18.3. The Morgan fingerprint density at radius 3 is 2.55 bits per heavy atom. The number of aromatic nitrogens is 2. The van der Waals surface area contributed by atoms with Crippen molar-refractivity contribution < 1.29 is 4.74 Å². The van der Waals surface area contributed by atoms with E-state index in [1.165, 1.54) is 36.0 Å². The molecule has 0 aliphatic heterocycles. The molecule has 5 rings (SSSR count). The van der Waals surface area contributed by atoms with Gasteiger partial charge in [-0.25, -0.2) is 4.98 Å². The Balaban J connectivity index is 1.46. The molecule has 4 nitrogen and oxygen atoms in total. The second-order valence-corrected chi connectivity index (χ2v) is 8.95. The van der Waals surface area contributed by atoms with Crippen LogP contribution >= 0.6 is 0 Å². The second-order valence-electron chi connectivity index (χ2n) is 8.95. The Morgan fingerprint density at radius 2 is 1.81 bits per heavy atom. The van der Waals surface area contributed by atoms with E-state index in [9.17, 15) is 0 Å². The number of aryl methyl sites for hydroxylation is 1. The minimum absolute atomic E-state index is 0.340. The van der Waals surface area contributed by atoms with Crippen LogP contribution < -0.4 is 10.5 Å². The van der Waals surface area contributed by atoms with Gasteiger partial charge in [-0.1, -0.05) is 44.0 Å². The third-order valence-corrected chi connectivity index (χ3v) is 6.55. The summed E-state index contributed by atoms with van der Waals surface area (Å²) >= 11 is 0. The van der Waals surface area contributed by atoms with Crippen LogP contribution in [0.2, 0.25) is 0 Å². The molecule has 158 valence electrons. The average molecular weight is 412 g/mol. The molecule has 1 fully saturated rings. The Bertz CT molecular complexity index is 1230. The van der Waals surface area contributed by atoms with Crippen LogP contribution in [0.15, 0.2) is 54.7 Å². The zero-order valence-electron chi connectivity index (χ0n) is 18.3. The highest BCUT2D eigenvalue weighted by Crippen LogP contribution is 2.35. The van der Waals surface area contributed by atoms with Gasteiger partial charge in [0.15, 0.2) is 5.82 Å². The maximum Gasteiger partial charge on any atom is 0.150 e. The van der Waals surface area contributed by atoms with Gasteiger partial charge in [-0.15, -0.1) is 0 Å². The number of methoxy groups -OCH3 is 1. The number of nitrogen functional groups attached to an aromatic ring is 1. The minimum Gasteiger partial charge on any atom is -0.497 e. The first-order valence-corrected chi connectivity index (χ1v) is 11.2. The zero-order chi connectivity index (χ0) is 21.4. The van der Waals surface area contributed by atoms with Crippen molar-refractivity contribution in [2.75, 3.05) is 12.8 Å². The van der Waals surface area contributed by atoms with Gasteiger partial charge >= 0.3 is 0 Å². The lowest BCUT2D eigenvalue weighted by atomic mass is 9.93. The van der Waals surface area contributed by atoms with E-state index in [-0.39, 0.29) is 0 Å². The number of hydrogen-bond acceptors (Lipinski definition) is 4. The van der Waals surface area contributed by atoms with Gasteiger partial charge in [0.25, 0.3) is 0 Å². The Labute approximate surface area is 183 Å². The highest BCUT2D eigenvalue weighted by molar-refractivity contribution is 6.08. The number of fused-ring (bicyclic) bond motifs is 3. The lowest BCUT2D eigenvalue weighted by Crippen LogP contribution is -2.02. The highest BCUT2D eigenvalue weighted by Gasteiger charge is 2.20. The largest absolute Gasteiger partial charge is 0.497 e. The Morgan fingerprint density at radius 1 is 1.03 bits per heavy atom. The van der Waals surface area contributed by atoms with Crippen LogP contribution in [-0.4, -0.2) is 17.1 Å². The van der Waals surface area contributed by atoms with Gasteiger partial charge in [-0.2, -0.15) is 0 Å². The summed E-state index contributed by atoms with van der Waals surface area (Å²) in [7, 11) is 1.69. The monoisotopic (exact) mass is 411 g/mol. The molecule has 4 heteroatoms. The van der Waals surface area contributed by atoms with Crippen molar-refractivity contribution in [1.82, 2.24) is 9.97 Å². The molecule has 2 N–H and O–H groups in total. The molecule has 1 saturated carbocycles. The molecule has 4 aromatic rings. The quantitative estimate of drug-likeness (QED) is 0.375. The average Bonchev–Trinajstić information content (AvgIpc) is 3.62. The van der Waals surface area contributed by atoms with E-state index in [4.69, 9.17) is 15.5 Å². The summed E-state index contributed by atoms with van der Waals surface area (Å²) in [6.07, 6.45) is 8.09. The molecule has 0 saturated heterocycles. The predicted octanol–water partition coefficient (Wildman–Crippen LogP) is 6.06. The maximum atomic E-state index is 6.30. The van der Waals surface area contributed by atoms with Crippen LogP contribution in [0.25, 0.3) is 21.8 Å². The van der Waals surface area contributed by atoms with E-state index in [1.54, 1.807) is 7.11 Å². The van der Waals surface area contributed by atoms with Crippen LogP contribution in [0, 0.1) is 5.92 Å². The Kier molecular flexibility index (Phi) is 5.23. The van der Waals surface area contributed by atoms with Crippen LogP contribution in [0.5, 0.6) is 5.75 Å². The van der Waals surface area contributed by atoms with E-state index < -0.39 is 0 Å². The fraction of sp³-hybridized carbons (Fsp3) is 0.333. The van der Waals surface area contributed by atoms with Gasteiger partial charge in [0.2, 0.25) is 0 Å². The fourth-order valence-corrected chi connectivity index (χ4v) is 4.41. The molecule has 1 atom stereocenters. The first kappa shape index (κ1) is 19.8. The standard InChI is InChI=1S/C27H29N3O/c1-17(13-19-7-10-22(31-2)11-8-19)21-15-24-23-12-9-20(6-5-18-3-4-18)14-25(23)30-27(28)26(24)29-16-21/h7-12,14-18H,3-6,13H2,1-2H3,(H2,28,30). The number of nitrogens with two attached hydrogens (primary N) is 1. The number of nitrogens with zero attached hydrogens (tertiary/aromatic N) is 2. The smallest absolute Gasteiger partial charge is 0.150 e. The normalized spacial score (nSPS) is 14.8. The van der Waals surface area contributed by atoms with Crippen molar-refractivity contribution in [3.8, 4) is 5.75 Å². The highest BCUT2D eigenvalue weighted by atomic mass is 16.5. The molecule has 2 aromatic heterocycles. The number of benzene rings is 2. The van der Waals surface area contributed by atoms with Crippen molar-refractivity contribution in [1.29, 1.82) is 0 Å². The van der Waals surface area contributed by atoms with Crippen molar-refractivity contribution in [2.45, 2.75) is 44.9 Å². The van der Waals surface area contributed by atoms with E-state index in [2.05, 4.69) is 48.3 Å². The van der Waals surface area contributed by atoms with Crippen LogP contribution in [0.3, 0.4) is 0 Å². The Hall–Kier alpha value is -3.14. The number of ether oxygens (including phenoxy) is 1. The molecule has 0 radical (unpaired) electrons. The molecular formula is C27H29N3O. The second kappa shape index (κ2) is 8.18. The van der Waals surface area contributed by atoms with Crippen LogP contribution in [0.4, 0.5) is 5.82 Å². The van der Waals surface area contributed by atoms with E-state index in [0.29, 0.717) is 11.7 Å². The molecule has 0 amide bonds. The van der Waals surface area contributed by atoms with Crippen LogP contribution in [0.1, 0.15) is 48.8 Å². The SMILES string of the molecule is COc1ccc(CC(C)c2cnc3c(N)nc4cc(CCC5CC5)ccc4c3c2)cc1. The summed E-state index contributed by atoms with van der Waals surface area (Å²) in [5.74, 6) is 2.67. The molecule has 1 aliphatic carbocycles. The van der Waals surface area contributed by atoms with Crippen molar-refractivity contribution in [3.63, 3.8) is 0 Å². The lowest BCUT2D eigenvalue weighted by molar-refractivity contribution is 0.414. The van der Waals surface area contributed by atoms with Crippen molar-refractivity contribution >= 4 is 27.6 Å². The van der Waals surface area contributed by atoms with Gasteiger partial charge in [-0.3, -0.25) is 4.98 Å². The first-order chi connectivity index (χ1) is 15.1. The fourth-order valence-electron chi connectivity index (χ4n) is 4.41. The van der Waals surface area contributed by atoms with Gasteiger partial charge in [0.1, 0.15) is 11.3 Å². The van der Waals surface area contributed by atoms with E-state index >= 15 is 0 Å². The molecule has 2 heterocycles. The van der Waals surface area contributed by atoms with Gasteiger partial charge in [0, 0.05) is 17.0 Å². The number of pyridine rings is 2. The van der Waals surface area contributed by atoms with Crippen LogP contribution in [-0.2, 0) is 12.8 Å². The third kappa shape index (κ3) is 4.20. The first-order valence-electron chi connectivity index (χ1n) is 11.2. The van der Waals surface area contributed by atoms with Crippen molar-refractivity contribution in [3.05, 3.63) is 71.4 Å². The molecule has 0 spiro atoms. The molecule has 1 unspecified atom stereocenters. The predicted molar refractivity (Wildman–Crippen MR) is 128 cm³/mol. The summed E-state index contributed by atoms with van der Waals surface area (Å²) in [6.45, 7) is 2.25.